The van der Waals surface area contributed by atoms with Gasteiger partial charge in [-0.1, -0.05) is 11.1 Å². The Hall–Kier alpha value is -0.720. The van der Waals surface area contributed by atoms with Crippen LogP contribution in [-0.2, 0) is 4.39 Å². The Bertz CT molecular complexity index is 315. The highest BCUT2D eigenvalue weighted by Crippen LogP contribution is 2.26. The molecule has 0 radical (unpaired) electrons. The van der Waals surface area contributed by atoms with Crippen LogP contribution in [0.25, 0.3) is 0 Å². The number of rotatable bonds is 3. The second kappa shape index (κ2) is 5.56. The van der Waals surface area contributed by atoms with E-state index in [4.69, 9.17) is 0 Å². The molecule has 0 amide bonds. The van der Waals surface area contributed by atoms with E-state index in [2.05, 4.69) is 9.37 Å². The van der Waals surface area contributed by atoms with Crippen molar-refractivity contribution in [1.82, 2.24) is 10.0 Å². The minimum Gasteiger partial charge on any atom is -0.319 e. The van der Waals surface area contributed by atoms with Gasteiger partial charge in [0, 0.05) is 30.9 Å². The van der Waals surface area contributed by atoms with E-state index in [1.165, 1.54) is 5.06 Å². The molecule has 0 unspecified atom stereocenters. The first-order chi connectivity index (χ1) is 7.75. The van der Waals surface area contributed by atoms with E-state index in [0.29, 0.717) is 19.0 Å². The first-order valence-corrected chi connectivity index (χ1v) is 6.08. The third kappa shape index (κ3) is 3.13. The van der Waals surface area contributed by atoms with Crippen LogP contribution in [0.1, 0.15) is 24.5 Å². The second-order valence-corrected chi connectivity index (χ2v) is 4.23. The first kappa shape index (κ1) is 11.8. The van der Waals surface area contributed by atoms with Crippen molar-refractivity contribution in [1.29, 1.82) is 0 Å². The smallest absolute Gasteiger partial charge is 0.312 e. The van der Waals surface area contributed by atoms with Gasteiger partial charge < -0.3 is 9.32 Å². The molecule has 2 rings (SSSR count). The predicted molar refractivity (Wildman–Crippen MR) is 48.9 cm³/mol. The first-order valence-electron chi connectivity index (χ1n) is 5.15. The van der Waals surface area contributed by atoms with Crippen LogP contribution < -0.4 is 9.32 Å². The molecule has 1 aliphatic heterocycles. The molecule has 0 aromatic carbocycles. The highest BCUT2D eigenvalue weighted by molar-refractivity contribution is 5.10. The fourth-order valence-electron chi connectivity index (χ4n) is 1.92. The molecule has 5 nitrogen and oxygen atoms in total. The van der Waals surface area contributed by atoms with E-state index < -0.39 is 10.8 Å². The fraction of sp³-hybridized carbons (Fsp3) is 0.500. The Labute approximate surface area is 97.0 Å². The molecule has 0 N–H and O–H groups in total. The number of aromatic nitrogens is 1. The molecule has 6 heteroatoms. The summed E-state index contributed by atoms with van der Waals surface area (Å²) in [5, 5.41) is 1.46. The molecular formula is C10H13ClN2O3. The molecule has 1 aromatic rings. The van der Waals surface area contributed by atoms with Gasteiger partial charge in [-0.25, -0.2) is 0 Å². The van der Waals surface area contributed by atoms with Gasteiger partial charge >= 0.3 is 10.8 Å². The number of nitrogens with zero attached hydrogens (tertiary/aromatic N) is 2. The summed E-state index contributed by atoms with van der Waals surface area (Å²) in [5.41, 5.74) is 1.07. The predicted octanol–water partition coefficient (Wildman–Crippen LogP) is -0.721. The van der Waals surface area contributed by atoms with Gasteiger partial charge in [-0.3, -0.25) is 4.98 Å². The van der Waals surface area contributed by atoms with E-state index in [9.17, 15) is 9.32 Å². The van der Waals surface area contributed by atoms with Gasteiger partial charge in [0.05, 0.1) is 0 Å². The summed E-state index contributed by atoms with van der Waals surface area (Å²) >= 11 is 0. The third-order valence-corrected chi connectivity index (χ3v) is 3.02. The normalized spacial score (nSPS) is 19.2. The molecule has 0 atom stereocenters. The lowest BCUT2D eigenvalue weighted by Gasteiger charge is -2.25. The van der Waals surface area contributed by atoms with E-state index in [0.717, 1.165) is 18.5 Å². The third-order valence-electron chi connectivity index (χ3n) is 2.71. The highest BCUT2D eigenvalue weighted by Gasteiger charge is 2.27. The van der Waals surface area contributed by atoms with Crippen LogP contribution in [0.3, 0.4) is 0 Å². The van der Waals surface area contributed by atoms with Crippen LogP contribution in [0.2, 0.25) is 0 Å². The molecular weight excluding hydrogens is 232 g/mol. The lowest BCUT2D eigenvalue weighted by atomic mass is 9.94. The number of hydroxylamine groups is 2. The van der Waals surface area contributed by atoms with Gasteiger partial charge in [0.2, 0.25) is 0 Å². The molecule has 88 valence electrons. The van der Waals surface area contributed by atoms with E-state index in [1.807, 2.05) is 18.2 Å². The molecule has 0 aliphatic carbocycles. The summed E-state index contributed by atoms with van der Waals surface area (Å²) in [7, 11) is -2.14. The Morgan fingerprint density at radius 1 is 1.31 bits per heavy atom. The van der Waals surface area contributed by atoms with Crippen LogP contribution in [0.5, 0.6) is 0 Å². The maximum Gasteiger partial charge on any atom is 0.312 e. The molecule has 0 saturated carbocycles. The maximum atomic E-state index is 10.3. The standard InChI is InChI=1S/C10H13ClN2O3/c14-11(15)16-13-7-4-9(5-8-13)10-3-1-2-6-12-10/h1-3,6,9H,4-5,7-8H2. The van der Waals surface area contributed by atoms with Gasteiger partial charge in [0.15, 0.2) is 0 Å². The lowest BCUT2D eigenvalue weighted by Crippen LogP contribution is -2.43. The Kier molecular flexibility index (Phi) is 4.09. The van der Waals surface area contributed by atoms with Crippen LogP contribution in [0.4, 0.5) is 0 Å². The highest BCUT2D eigenvalue weighted by atomic mass is 35.6. The summed E-state index contributed by atoms with van der Waals surface area (Å²) in [5.74, 6) is 0.400. The van der Waals surface area contributed by atoms with Gasteiger partial charge in [0.1, 0.15) is 4.39 Å². The van der Waals surface area contributed by atoms with Crippen molar-refractivity contribution in [2.75, 3.05) is 13.1 Å². The fourth-order valence-corrected chi connectivity index (χ4v) is 2.22. The van der Waals surface area contributed by atoms with Gasteiger partial charge in [-0.15, -0.1) is 0 Å². The lowest BCUT2D eigenvalue weighted by molar-refractivity contribution is -1.64. The van der Waals surface area contributed by atoms with Crippen LogP contribution in [0, 0.1) is 10.8 Å². The largest absolute Gasteiger partial charge is 0.319 e. The monoisotopic (exact) mass is 244 g/mol. The number of hydrogen-bond acceptors (Lipinski definition) is 5. The van der Waals surface area contributed by atoms with Gasteiger partial charge in [-0.05, 0) is 25.0 Å². The van der Waals surface area contributed by atoms with Crippen molar-refractivity contribution < 1.29 is 24.5 Å². The molecule has 1 aliphatic rings. The minimum absolute atomic E-state index is 0.400. The average molecular weight is 245 g/mol. The van der Waals surface area contributed by atoms with E-state index in [-0.39, 0.29) is 0 Å². The topological polar surface area (TPSA) is 71.5 Å². The Morgan fingerprint density at radius 2 is 2.06 bits per heavy atom. The SMILES string of the molecule is [O-][Cl+2]([O-])ON1CCC(c2ccccn2)CC1. The van der Waals surface area contributed by atoms with Crippen molar-refractivity contribution in [3.63, 3.8) is 0 Å². The summed E-state index contributed by atoms with van der Waals surface area (Å²) in [6, 6.07) is 5.86. The molecule has 1 saturated heterocycles. The average Bonchev–Trinajstić information content (AvgIpc) is 2.30. The van der Waals surface area contributed by atoms with Gasteiger partial charge in [0.25, 0.3) is 0 Å². The van der Waals surface area contributed by atoms with Crippen molar-refractivity contribution in [2.45, 2.75) is 18.8 Å². The van der Waals surface area contributed by atoms with Crippen molar-refractivity contribution >= 4 is 0 Å². The van der Waals surface area contributed by atoms with Crippen molar-refractivity contribution in [2.24, 2.45) is 0 Å². The summed E-state index contributed by atoms with van der Waals surface area (Å²) in [6.45, 7) is 1.22. The Balaban J connectivity index is 1.86. The zero-order chi connectivity index (χ0) is 11.4. The van der Waals surface area contributed by atoms with Crippen molar-refractivity contribution in [3.05, 3.63) is 30.1 Å². The Morgan fingerprint density at radius 3 is 2.62 bits per heavy atom. The van der Waals surface area contributed by atoms with Crippen molar-refractivity contribution in [3.8, 4) is 0 Å². The van der Waals surface area contributed by atoms with Gasteiger partial charge in [-0.2, -0.15) is 0 Å². The summed E-state index contributed by atoms with van der Waals surface area (Å²) in [4.78, 5) is 4.31. The van der Waals surface area contributed by atoms with Crippen LogP contribution >= 0.6 is 0 Å². The molecule has 0 bridgehead atoms. The summed E-state index contributed by atoms with van der Waals surface area (Å²) in [6.07, 6.45) is 3.51. The van der Waals surface area contributed by atoms with E-state index >= 15 is 0 Å². The molecule has 1 aromatic heterocycles. The molecule has 1 fully saturated rings. The number of hydrogen-bond donors (Lipinski definition) is 0. The quantitative estimate of drug-likeness (QED) is 0.702. The molecule has 16 heavy (non-hydrogen) atoms. The number of halogens is 1. The van der Waals surface area contributed by atoms with Crippen LogP contribution in [0.15, 0.2) is 24.4 Å². The second-order valence-electron chi connectivity index (χ2n) is 3.72. The maximum absolute atomic E-state index is 10.3. The van der Waals surface area contributed by atoms with E-state index in [1.54, 1.807) is 6.20 Å². The number of pyridine rings is 1. The molecule has 2 heterocycles. The minimum atomic E-state index is -2.14. The number of piperidine rings is 1. The zero-order valence-corrected chi connectivity index (χ0v) is 9.47. The zero-order valence-electron chi connectivity index (χ0n) is 8.71. The summed E-state index contributed by atoms with van der Waals surface area (Å²) < 4.78 is 25.2. The molecule has 0 spiro atoms. The van der Waals surface area contributed by atoms with Crippen LogP contribution in [-0.4, -0.2) is 23.1 Å².